The molecule has 4 nitrogen and oxygen atoms in total. The Morgan fingerprint density at radius 1 is 1.00 bits per heavy atom. The predicted octanol–water partition coefficient (Wildman–Crippen LogP) is 1.23. The lowest BCUT2D eigenvalue weighted by atomic mass is 10.2. The lowest BCUT2D eigenvalue weighted by molar-refractivity contribution is 1.03. The summed E-state index contributed by atoms with van der Waals surface area (Å²) in [6.45, 7) is 0. The van der Waals surface area contributed by atoms with Crippen molar-refractivity contribution < 1.29 is 0 Å². The molecule has 0 aliphatic carbocycles. The molecule has 0 aliphatic rings. The molecule has 0 atom stereocenters. The van der Waals surface area contributed by atoms with Crippen LogP contribution in [0.2, 0.25) is 0 Å². The zero-order valence-corrected chi connectivity index (χ0v) is 8.44. The lowest BCUT2D eigenvalue weighted by Crippen LogP contribution is -2.22. The van der Waals surface area contributed by atoms with Crippen molar-refractivity contribution in [2.45, 2.75) is 0 Å². The number of aromatic amines is 2. The van der Waals surface area contributed by atoms with Crippen molar-refractivity contribution in [1.82, 2.24) is 9.97 Å². The van der Waals surface area contributed by atoms with Gasteiger partial charge in [0.2, 0.25) is 0 Å². The van der Waals surface area contributed by atoms with E-state index < -0.39 is 11.2 Å². The summed E-state index contributed by atoms with van der Waals surface area (Å²) in [5, 5.41) is 0. The summed E-state index contributed by atoms with van der Waals surface area (Å²) < 4.78 is 0. The van der Waals surface area contributed by atoms with Gasteiger partial charge in [-0.3, -0.25) is 9.78 Å². The Balaban J connectivity index is 2.31. The molecule has 2 N–H and O–H groups in total. The summed E-state index contributed by atoms with van der Waals surface area (Å²) in [5.74, 6) is 0. The zero-order valence-electron chi connectivity index (χ0n) is 8.44. The van der Waals surface area contributed by atoms with Crippen LogP contribution in [-0.4, -0.2) is 9.97 Å². The molecule has 1 heterocycles. The molecule has 0 unspecified atom stereocenters. The molecule has 2 rings (SSSR count). The fraction of sp³-hybridized carbons (Fsp3) is 0. The molecule has 80 valence electrons. The molecule has 0 saturated heterocycles. The molecule has 0 saturated carbocycles. The predicted molar refractivity (Wildman–Crippen MR) is 63.1 cm³/mol. The highest BCUT2D eigenvalue weighted by atomic mass is 16.2. The lowest BCUT2D eigenvalue weighted by Gasteiger charge is -1.92. The van der Waals surface area contributed by atoms with Crippen molar-refractivity contribution in [1.29, 1.82) is 0 Å². The van der Waals surface area contributed by atoms with Crippen molar-refractivity contribution in [2.75, 3.05) is 0 Å². The average Bonchev–Trinajstić information content (AvgIpc) is 2.29. The van der Waals surface area contributed by atoms with Gasteiger partial charge in [-0.2, -0.15) is 0 Å². The Morgan fingerprint density at radius 2 is 1.75 bits per heavy atom. The van der Waals surface area contributed by atoms with Crippen molar-refractivity contribution in [3.05, 3.63) is 68.5 Å². The van der Waals surface area contributed by atoms with Crippen molar-refractivity contribution in [3.63, 3.8) is 0 Å². The summed E-state index contributed by atoms with van der Waals surface area (Å²) in [6, 6.07) is 9.60. The second kappa shape index (κ2) is 4.44. The first-order valence-electron chi connectivity index (χ1n) is 4.81. The maximum atomic E-state index is 11.3. The number of aromatic nitrogens is 2. The van der Waals surface area contributed by atoms with E-state index >= 15 is 0 Å². The third-order valence-electron chi connectivity index (χ3n) is 2.10. The van der Waals surface area contributed by atoms with Crippen molar-refractivity contribution in [2.24, 2.45) is 0 Å². The van der Waals surface area contributed by atoms with E-state index in [-0.39, 0.29) is 0 Å². The SMILES string of the molecule is O=c1[nH]cc(/C=C\c2ccccc2)c(=O)[nH]1. The van der Waals surface area contributed by atoms with Crippen LogP contribution in [0.3, 0.4) is 0 Å². The minimum Gasteiger partial charge on any atom is -0.314 e. The largest absolute Gasteiger partial charge is 0.325 e. The number of nitrogens with one attached hydrogen (secondary N) is 2. The molecule has 4 heteroatoms. The minimum atomic E-state index is -0.498. The number of benzene rings is 1. The highest BCUT2D eigenvalue weighted by Gasteiger charge is 1.94. The van der Waals surface area contributed by atoms with Gasteiger partial charge in [0.05, 0.1) is 5.56 Å². The van der Waals surface area contributed by atoms with Gasteiger partial charge < -0.3 is 4.98 Å². The van der Waals surface area contributed by atoms with E-state index in [9.17, 15) is 9.59 Å². The van der Waals surface area contributed by atoms with Crippen LogP contribution in [0.4, 0.5) is 0 Å². The minimum absolute atomic E-state index is 0.393. The van der Waals surface area contributed by atoms with E-state index in [1.807, 2.05) is 36.4 Å². The van der Waals surface area contributed by atoms with E-state index in [4.69, 9.17) is 0 Å². The summed E-state index contributed by atoms with van der Waals surface area (Å²) in [6.07, 6.45) is 4.85. The quantitative estimate of drug-likeness (QED) is 0.789. The molecule has 16 heavy (non-hydrogen) atoms. The van der Waals surface area contributed by atoms with Gasteiger partial charge in [0.25, 0.3) is 5.56 Å². The molecule has 0 bridgehead atoms. The molecule has 1 aromatic heterocycles. The van der Waals surface area contributed by atoms with Gasteiger partial charge in [-0.05, 0) is 11.6 Å². The Kier molecular flexibility index (Phi) is 2.82. The third kappa shape index (κ3) is 2.36. The number of H-pyrrole nitrogens is 2. The smallest absolute Gasteiger partial charge is 0.314 e. The van der Waals surface area contributed by atoms with Gasteiger partial charge in [-0.15, -0.1) is 0 Å². The molecule has 0 radical (unpaired) electrons. The maximum Gasteiger partial charge on any atom is 0.325 e. The van der Waals surface area contributed by atoms with Crippen LogP contribution in [0.5, 0.6) is 0 Å². The first-order valence-corrected chi connectivity index (χ1v) is 4.81. The van der Waals surface area contributed by atoms with E-state index in [1.54, 1.807) is 6.08 Å². The second-order valence-electron chi connectivity index (χ2n) is 3.27. The number of hydrogen-bond donors (Lipinski definition) is 2. The van der Waals surface area contributed by atoms with Crippen LogP contribution in [0.15, 0.2) is 46.1 Å². The van der Waals surface area contributed by atoms with Gasteiger partial charge in [0, 0.05) is 6.20 Å². The fourth-order valence-electron chi connectivity index (χ4n) is 1.29. The van der Waals surface area contributed by atoms with Gasteiger partial charge in [-0.25, -0.2) is 4.79 Å². The number of rotatable bonds is 2. The van der Waals surface area contributed by atoms with Crippen LogP contribution >= 0.6 is 0 Å². The Bertz CT molecular complexity index is 609. The number of hydrogen-bond acceptors (Lipinski definition) is 2. The summed E-state index contributed by atoms with van der Waals surface area (Å²) in [7, 11) is 0. The molecule has 0 aliphatic heterocycles. The molecular weight excluding hydrogens is 204 g/mol. The van der Waals surface area contributed by atoms with E-state index in [2.05, 4.69) is 9.97 Å². The maximum absolute atomic E-state index is 11.3. The van der Waals surface area contributed by atoms with E-state index in [1.165, 1.54) is 6.20 Å². The summed E-state index contributed by atoms with van der Waals surface area (Å²) >= 11 is 0. The Labute approximate surface area is 91.3 Å². The molecule has 0 fully saturated rings. The first kappa shape index (κ1) is 10.2. The zero-order chi connectivity index (χ0) is 11.4. The molecule has 0 amide bonds. The van der Waals surface area contributed by atoms with Crippen LogP contribution < -0.4 is 11.2 Å². The van der Waals surface area contributed by atoms with Crippen LogP contribution in [0, 0.1) is 0 Å². The normalized spacial score (nSPS) is 10.8. The van der Waals surface area contributed by atoms with Crippen LogP contribution in [-0.2, 0) is 0 Å². The fourth-order valence-corrected chi connectivity index (χ4v) is 1.29. The van der Waals surface area contributed by atoms with Crippen molar-refractivity contribution in [3.8, 4) is 0 Å². The first-order chi connectivity index (χ1) is 7.75. The Hall–Kier alpha value is -2.36. The van der Waals surface area contributed by atoms with Gasteiger partial charge in [0.15, 0.2) is 0 Å². The van der Waals surface area contributed by atoms with Gasteiger partial charge >= 0.3 is 5.69 Å². The van der Waals surface area contributed by atoms with E-state index in [0.29, 0.717) is 5.56 Å². The van der Waals surface area contributed by atoms with E-state index in [0.717, 1.165) is 5.56 Å². The molecular formula is C12H10N2O2. The second-order valence-corrected chi connectivity index (χ2v) is 3.27. The molecule has 1 aromatic carbocycles. The molecule has 0 spiro atoms. The van der Waals surface area contributed by atoms with Crippen LogP contribution in [0.25, 0.3) is 12.2 Å². The summed E-state index contributed by atoms with van der Waals surface area (Å²) in [4.78, 5) is 26.7. The van der Waals surface area contributed by atoms with Crippen LogP contribution in [0.1, 0.15) is 11.1 Å². The van der Waals surface area contributed by atoms with Gasteiger partial charge in [0.1, 0.15) is 0 Å². The highest BCUT2D eigenvalue weighted by molar-refractivity contribution is 5.68. The van der Waals surface area contributed by atoms with Gasteiger partial charge in [-0.1, -0.05) is 36.4 Å². The topological polar surface area (TPSA) is 65.7 Å². The summed E-state index contributed by atoms with van der Waals surface area (Å²) in [5.41, 5.74) is 0.523. The Morgan fingerprint density at radius 3 is 2.44 bits per heavy atom. The monoisotopic (exact) mass is 214 g/mol. The van der Waals surface area contributed by atoms with Crippen molar-refractivity contribution >= 4 is 12.2 Å². The standard InChI is InChI=1S/C12H10N2O2/c15-11-10(8-13-12(16)14-11)7-6-9-4-2-1-3-5-9/h1-8H,(H2,13,14,15,16)/b7-6-. The highest BCUT2D eigenvalue weighted by Crippen LogP contribution is 2.03. The molecule has 2 aromatic rings. The average molecular weight is 214 g/mol. The third-order valence-corrected chi connectivity index (χ3v) is 2.10.